The second kappa shape index (κ2) is 20.3. The van der Waals surface area contributed by atoms with Crippen LogP contribution in [0, 0.1) is 11.3 Å². The molecule has 2 fully saturated rings. The molecule has 10 atom stereocenters. The molecule has 5 aromatic rings. The zero-order valence-corrected chi connectivity index (χ0v) is 43.4. The highest BCUT2D eigenvalue weighted by molar-refractivity contribution is 7.48. The molecule has 4 N–H and O–H groups in total. The van der Waals surface area contributed by atoms with E-state index in [-0.39, 0.29) is 28.6 Å². The molecule has 2 aliphatic rings. The van der Waals surface area contributed by atoms with E-state index in [1.807, 2.05) is 83.4 Å². The van der Waals surface area contributed by atoms with E-state index in [0.717, 1.165) is 5.69 Å². The maximum Gasteiger partial charge on any atom is 0.695 e. The Labute approximate surface area is 396 Å². The van der Waals surface area contributed by atoms with Gasteiger partial charge in [0.1, 0.15) is 36.8 Å². The average Bonchev–Trinajstić information content (AvgIpc) is 4.04. The second-order valence-electron chi connectivity index (χ2n) is 19.6. The summed E-state index contributed by atoms with van der Waals surface area (Å²) in [6, 6.07) is 13.0. The minimum Gasteiger partial charge on any atom is -0.408 e. The van der Waals surface area contributed by atoms with Crippen molar-refractivity contribution < 1.29 is 55.6 Å². The third-order valence-electron chi connectivity index (χ3n) is 13.0. The van der Waals surface area contributed by atoms with Crippen LogP contribution >= 0.6 is 16.1 Å². The fourth-order valence-corrected chi connectivity index (χ4v) is 11.8. The van der Waals surface area contributed by atoms with Gasteiger partial charge in [0.2, 0.25) is 0 Å². The van der Waals surface area contributed by atoms with Crippen molar-refractivity contribution in [2.45, 2.75) is 133 Å². The summed E-state index contributed by atoms with van der Waals surface area (Å²) >= 11 is 0. The Morgan fingerprint density at radius 1 is 0.868 bits per heavy atom. The second-order valence-corrected chi connectivity index (χ2v) is 31.4. The van der Waals surface area contributed by atoms with Gasteiger partial charge in [0, 0.05) is 16.4 Å². The van der Waals surface area contributed by atoms with Crippen LogP contribution in [0.2, 0.25) is 36.3 Å². The number of aromatic nitrogens is 7. The molecule has 2 aliphatic heterocycles. The minimum absolute atomic E-state index is 0.0824. The van der Waals surface area contributed by atoms with Crippen molar-refractivity contribution in [1.82, 2.24) is 34.1 Å². The minimum atomic E-state index is -4.83. The van der Waals surface area contributed by atoms with Crippen LogP contribution in [0.5, 0.6) is 0 Å². The molecule has 22 nitrogen and oxygen atoms in total. The van der Waals surface area contributed by atoms with Gasteiger partial charge in [-0.2, -0.15) is 5.26 Å². The summed E-state index contributed by atoms with van der Waals surface area (Å²) in [5.74, 6) is 0.427. The topological polar surface area (TPSA) is 279 Å². The first kappa shape index (κ1) is 51.7. The average molecular weight is 1020 g/mol. The Morgan fingerprint density at radius 3 is 2.15 bits per heavy atom. The predicted molar refractivity (Wildman–Crippen MR) is 254 cm³/mol. The molecule has 0 saturated carbocycles. The lowest BCUT2D eigenvalue weighted by Crippen LogP contribution is -2.50. The molecule has 6 heterocycles. The third kappa shape index (κ3) is 10.9. The van der Waals surface area contributed by atoms with Gasteiger partial charge in [-0.1, -0.05) is 59.7 Å². The molecule has 2 unspecified atom stereocenters. The predicted octanol–water partition coefficient (Wildman–Crippen LogP) is 7.35. The SMILES string of the molecule is CC(C)(C)[Si](C)(C)O[C@@H]1[C@H](OP(=O)(OCCC#N)OC[C@H]2O[C@@H](n3cnc4c(=O)[nH]ccc43)[C@H](O[P+](=O)O)[C@@H]2O[Si](C)(C)C(C)(C)C)[C@@H](CO)O[C@H]1n1cnc2c(Nc3ccccc3)ncnc21. The van der Waals surface area contributed by atoms with Crippen molar-refractivity contribution in [3.8, 4) is 6.07 Å². The number of nitrogens with zero attached hydrogens (tertiary/aromatic N) is 7. The van der Waals surface area contributed by atoms with Gasteiger partial charge in [-0.05, 0) is 54.5 Å². The largest absolute Gasteiger partial charge is 0.695 e. The molecule has 68 heavy (non-hydrogen) atoms. The number of benzene rings is 1. The maximum absolute atomic E-state index is 15.3. The van der Waals surface area contributed by atoms with Crippen LogP contribution in [0.25, 0.3) is 22.2 Å². The Kier molecular flexibility index (Phi) is 15.4. The molecule has 0 bridgehead atoms. The van der Waals surface area contributed by atoms with Gasteiger partial charge in [0.25, 0.3) is 5.56 Å². The lowest BCUT2D eigenvalue weighted by Gasteiger charge is -2.41. The monoisotopic (exact) mass is 1020 g/mol. The van der Waals surface area contributed by atoms with Gasteiger partial charge in [0.05, 0.1) is 50.5 Å². The smallest absolute Gasteiger partial charge is 0.408 e. The molecule has 0 spiro atoms. The van der Waals surface area contributed by atoms with Crippen molar-refractivity contribution in [1.29, 1.82) is 5.26 Å². The maximum atomic E-state index is 15.3. The zero-order valence-electron chi connectivity index (χ0n) is 39.6. The van der Waals surface area contributed by atoms with Gasteiger partial charge in [0.15, 0.2) is 57.7 Å². The van der Waals surface area contributed by atoms with Crippen molar-refractivity contribution >= 4 is 66.4 Å². The van der Waals surface area contributed by atoms with Gasteiger partial charge in [-0.25, -0.2) is 24.5 Å². The van der Waals surface area contributed by atoms with Crippen LogP contribution in [0.4, 0.5) is 11.5 Å². The first-order valence-corrected chi connectivity index (χ1v) is 30.5. The summed E-state index contributed by atoms with van der Waals surface area (Å²) in [4.78, 5) is 43.4. The number of nitrogens with one attached hydrogen (secondary N) is 2. The summed E-state index contributed by atoms with van der Waals surface area (Å²) in [6.07, 6.45) is -3.96. The van der Waals surface area contributed by atoms with Crippen LogP contribution < -0.4 is 10.9 Å². The quantitative estimate of drug-likeness (QED) is 0.0357. The molecule has 7 rings (SSSR count). The van der Waals surface area contributed by atoms with Crippen molar-refractivity contribution in [3.05, 3.63) is 71.9 Å². The van der Waals surface area contributed by atoms with Crippen LogP contribution in [-0.2, 0) is 45.6 Å². The molecular formula is C42H60N9O13P2Si2+. The van der Waals surface area contributed by atoms with E-state index >= 15 is 4.57 Å². The Morgan fingerprint density at radius 2 is 1.50 bits per heavy atom. The first-order valence-electron chi connectivity index (χ1n) is 22.1. The van der Waals surface area contributed by atoms with Gasteiger partial charge in [-0.3, -0.25) is 22.9 Å². The number of rotatable bonds is 19. The first-order chi connectivity index (χ1) is 32.0. The van der Waals surface area contributed by atoms with E-state index in [9.17, 15) is 24.6 Å². The van der Waals surface area contributed by atoms with E-state index in [2.05, 4.69) is 51.0 Å². The number of aliphatic hydroxyl groups excluding tert-OH is 1. The third-order valence-corrected chi connectivity index (χ3v) is 23.8. The van der Waals surface area contributed by atoms with E-state index in [1.165, 1.54) is 29.7 Å². The summed E-state index contributed by atoms with van der Waals surface area (Å²) in [7, 11) is -13.6. The number of ether oxygens (including phenoxy) is 2. The molecular weight excluding hydrogens is 957 g/mol. The molecule has 2 saturated heterocycles. The molecule has 368 valence electrons. The molecule has 26 heteroatoms. The number of fused-ring (bicyclic) bond motifs is 2. The van der Waals surface area contributed by atoms with Gasteiger partial charge >= 0.3 is 16.1 Å². The standard InChI is InChI=1S/C42H59N9O13P2Si2/c1-41(2,3)67(7,8)63-33-29(60-39(34(33)61-65(54)55)50-24-47-30-27(50)17-19-44-38(30)53)22-58-66(56,57-20-14-18-43)62-32-28(21-52)59-40(35(32)64-68(9,10)42(4,5)6)51-25-48-31-36(45-23-46-37(31)51)49-26-15-12-11-13-16-26/h11-13,15-17,19,23-25,28-29,32-35,39-40,52H,14,20-22H2,1-10H3,(H2-,44,45,46,49,53,54,55)/p+1/t28-,29-,32-,33-,34-,35-,39-,40-,66?/m1/s1. The summed E-state index contributed by atoms with van der Waals surface area (Å²) in [5.41, 5.74) is 1.50. The number of phosphoric acid groups is 1. The van der Waals surface area contributed by atoms with E-state index < -0.39 is 101 Å². The highest BCUT2D eigenvalue weighted by Gasteiger charge is 2.57. The molecule has 0 radical (unpaired) electrons. The molecule has 4 aromatic heterocycles. The Bertz CT molecular complexity index is 2720. The lowest BCUT2D eigenvalue weighted by molar-refractivity contribution is -0.0591. The summed E-state index contributed by atoms with van der Waals surface area (Å²) in [5, 5.41) is 23.0. The van der Waals surface area contributed by atoms with E-state index in [0.29, 0.717) is 22.5 Å². The van der Waals surface area contributed by atoms with Crippen LogP contribution in [-0.4, -0.2) is 117 Å². The number of H-pyrrole nitrogens is 1. The number of aliphatic hydroxyl groups is 1. The lowest BCUT2D eigenvalue weighted by atomic mass is 10.1. The highest BCUT2D eigenvalue weighted by atomic mass is 31.2. The summed E-state index contributed by atoms with van der Waals surface area (Å²) in [6.45, 7) is 18.6. The van der Waals surface area contributed by atoms with Crippen LogP contribution in [0.1, 0.15) is 60.4 Å². The van der Waals surface area contributed by atoms with E-state index in [1.54, 1.807) is 10.6 Å². The molecule has 0 amide bonds. The Hall–Kier alpha value is -4.16. The molecule has 1 aromatic carbocycles. The van der Waals surface area contributed by atoms with E-state index in [4.69, 9.17) is 36.4 Å². The fraction of sp³-hybridized carbons (Fsp3) is 0.571. The number of para-hydroxylation sites is 1. The fourth-order valence-electron chi connectivity index (χ4n) is 7.37. The zero-order chi connectivity index (χ0) is 49.4. The van der Waals surface area contributed by atoms with Crippen LogP contribution in [0.15, 0.2) is 66.4 Å². The number of hydrogen-bond donors (Lipinski definition) is 4. The normalized spacial score (nSPS) is 24.9. The number of aromatic amines is 1. The number of phosphoric ester groups is 1. The van der Waals surface area contributed by atoms with Crippen molar-refractivity contribution in [2.24, 2.45) is 0 Å². The molecule has 0 aliphatic carbocycles. The van der Waals surface area contributed by atoms with Crippen molar-refractivity contribution in [2.75, 3.05) is 25.1 Å². The number of nitriles is 1. The number of anilines is 2. The number of imidazole rings is 2. The van der Waals surface area contributed by atoms with Gasteiger partial charge in [-0.15, -0.1) is 9.42 Å². The highest BCUT2D eigenvalue weighted by Crippen LogP contribution is 2.56. The Balaban J connectivity index is 1.26. The summed E-state index contributed by atoms with van der Waals surface area (Å²) < 4.78 is 82.2. The van der Waals surface area contributed by atoms with Crippen molar-refractivity contribution in [3.63, 3.8) is 0 Å². The number of pyridine rings is 1. The van der Waals surface area contributed by atoms with Gasteiger partial charge < -0.3 is 38.3 Å². The van der Waals surface area contributed by atoms with Crippen LogP contribution in [0.3, 0.4) is 0 Å². The number of hydrogen-bond acceptors (Lipinski definition) is 18.